The standard InChI is InChI=1S/C33H28FN5O5/c1-33(24-8-7-22(35-2)17-25(24)34)43-28-5-3-4-23(31(28)44-33)20-10-13-38(14-11-20)18-29-37-26-9-6-21(32(40)41)16-27(26)39(29)19-30-36-12-15-42-30/h3-9,12,15-17,20H,10-11,13-14,18-19H2,1H3,(H,40,41)/p-1. The molecule has 0 N–H and O–H groups in total. The Labute approximate surface area is 252 Å². The summed E-state index contributed by atoms with van der Waals surface area (Å²) in [5.41, 5.74) is 2.92. The number of carboxylic acid groups (broad SMARTS) is 1. The van der Waals surface area contributed by atoms with Crippen molar-refractivity contribution >= 4 is 22.7 Å². The van der Waals surface area contributed by atoms with E-state index in [1.807, 2.05) is 22.8 Å². The summed E-state index contributed by atoms with van der Waals surface area (Å²) in [6, 6.07) is 14.9. The molecule has 1 atom stereocenters. The fourth-order valence-electron chi connectivity index (χ4n) is 6.19. The van der Waals surface area contributed by atoms with Crippen LogP contribution in [0.15, 0.2) is 71.5 Å². The molecular weight excluding hydrogens is 565 g/mol. The molecule has 5 aromatic rings. The highest BCUT2D eigenvalue weighted by atomic mass is 19.1. The molecule has 1 unspecified atom stereocenters. The van der Waals surface area contributed by atoms with E-state index in [-0.39, 0.29) is 22.7 Å². The van der Waals surface area contributed by atoms with Crippen molar-refractivity contribution in [1.82, 2.24) is 19.4 Å². The Morgan fingerprint density at radius 1 is 1.14 bits per heavy atom. The molecule has 0 amide bonds. The predicted octanol–water partition coefficient (Wildman–Crippen LogP) is 5.15. The van der Waals surface area contributed by atoms with E-state index < -0.39 is 17.6 Å². The fraction of sp³-hybridized carbons (Fsp3) is 0.273. The number of carbonyl (C=O) groups excluding carboxylic acids is 1. The van der Waals surface area contributed by atoms with Crippen LogP contribution in [0.1, 0.15) is 58.9 Å². The molecular formula is C33H27FN5O5-. The Bertz CT molecular complexity index is 1920. The number of fused-ring (bicyclic) bond motifs is 2. The van der Waals surface area contributed by atoms with Crippen LogP contribution in [0.5, 0.6) is 11.5 Å². The van der Waals surface area contributed by atoms with Gasteiger partial charge in [0.05, 0.1) is 41.9 Å². The molecule has 10 nitrogen and oxygen atoms in total. The number of hydrogen-bond acceptors (Lipinski definition) is 8. The number of para-hydroxylation sites is 1. The summed E-state index contributed by atoms with van der Waals surface area (Å²) in [6.45, 7) is 11.3. The number of rotatable bonds is 7. The third-order valence-electron chi connectivity index (χ3n) is 8.41. The van der Waals surface area contributed by atoms with E-state index in [0.29, 0.717) is 41.5 Å². The van der Waals surface area contributed by atoms with Gasteiger partial charge in [0, 0.05) is 12.5 Å². The van der Waals surface area contributed by atoms with Gasteiger partial charge < -0.3 is 28.4 Å². The molecule has 0 spiro atoms. The molecule has 2 aromatic heterocycles. The monoisotopic (exact) mass is 592 g/mol. The van der Waals surface area contributed by atoms with Gasteiger partial charge in [-0.3, -0.25) is 4.90 Å². The van der Waals surface area contributed by atoms with E-state index in [1.54, 1.807) is 37.4 Å². The highest BCUT2D eigenvalue weighted by molar-refractivity contribution is 5.91. The largest absolute Gasteiger partial charge is 0.545 e. The second-order valence-electron chi connectivity index (χ2n) is 11.2. The molecule has 1 fully saturated rings. The van der Waals surface area contributed by atoms with Crippen LogP contribution in [0.4, 0.5) is 10.1 Å². The molecule has 7 rings (SSSR count). The maximum absolute atomic E-state index is 14.9. The first-order valence-corrected chi connectivity index (χ1v) is 14.3. The van der Waals surface area contributed by atoms with Gasteiger partial charge in [-0.2, -0.15) is 0 Å². The van der Waals surface area contributed by atoms with Gasteiger partial charge in [-0.25, -0.2) is 19.2 Å². The Balaban J connectivity index is 1.09. The van der Waals surface area contributed by atoms with E-state index in [0.717, 1.165) is 37.3 Å². The number of carboxylic acids is 1. The number of likely N-dealkylation sites (tertiary alicyclic amines) is 1. The summed E-state index contributed by atoms with van der Waals surface area (Å²) in [5, 5.41) is 11.5. The van der Waals surface area contributed by atoms with Crippen molar-refractivity contribution in [3.8, 4) is 11.5 Å². The molecule has 0 bridgehead atoms. The van der Waals surface area contributed by atoms with Crippen molar-refractivity contribution in [3.63, 3.8) is 0 Å². The number of aromatic carboxylic acids is 1. The average molecular weight is 593 g/mol. The second kappa shape index (κ2) is 10.8. The summed E-state index contributed by atoms with van der Waals surface area (Å²) in [5.74, 6) is -0.460. The van der Waals surface area contributed by atoms with Crippen molar-refractivity contribution < 1.29 is 28.2 Å². The zero-order valence-electron chi connectivity index (χ0n) is 23.8. The first-order valence-electron chi connectivity index (χ1n) is 14.3. The third kappa shape index (κ3) is 4.93. The van der Waals surface area contributed by atoms with E-state index in [9.17, 15) is 14.3 Å². The molecule has 0 saturated carbocycles. The number of ether oxygens (including phenoxy) is 2. The topological polar surface area (TPSA) is 110 Å². The van der Waals surface area contributed by atoms with E-state index in [1.165, 1.54) is 18.4 Å². The van der Waals surface area contributed by atoms with Crippen molar-refractivity contribution in [2.75, 3.05) is 13.1 Å². The Morgan fingerprint density at radius 2 is 1.98 bits per heavy atom. The zero-order chi connectivity index (χ0) is 30.4. The smallest absolute Gasteiger partial charge is 0.278 e. The lowest BCUT2D eigenvalue weighted by atomic mass is 9.88. The quantitative estimate of drug-likeness (QED) is 0.239. The van der Waals surface area contributed by atoms with Crippen LogP contribution >= 0.6 is 0 Å². The number of imidazole rings is 1. The van der Waals surface area contributed by atoms with Gasteiger partial charge in [0.1, 0.15) is 24.4 Å². The van der Waals surface area contributed by atoms with Crippen LogP contribution in [0, 0.1) is 12.4 Å². The number of hydrogen-bond donors (Lipinski definition) is 0. The molecule has 222 valence electrons. The van der Waals surface area contributed by atoms with Crippen molar-refractivity contribution in [2.24, 2.45) is 0 Å². The molecule has 0 radical (unpaired) electrons. The van der Waals surface area contributed by atoms with Crippen LogP contribution in [0.3, 0.4) is 0 Å². The van der Waals surface area contributed by atoms with Gasteiger partial charge in [-0.05, 0) is 61.7 Å². The SMILES string of the molecule is [C-]#[N+]c1ccc(C2(C)Oc3cccc(C4CCN(Cc5nc6ccc(C(=O)[O-])cc6n5Cc5ncco5)CC4)c3O2)c(F)c1. The van der Waals surface area contributed by atoms with Crippen LogP contribution in [-0.4, -0.2) is 38.5 Å². The van der Waals surface area contributed by atoms with Gasteiger partial charge in [0.2, 0.25) is 5.89 Å². The summed E-state index contributed by atoms with van der Waals surface area (Å²) in [7, 11) is 0. The lowest BCUT2D eigenvalue weighted by Gasteiger charge is -2.32. The second-order valence-corrected chi connectivity index (χ2v) is 11.2. The molecule has 2 aliphatic rings. The van der Waals surface area contributed by atoms with Gasteiger partial charge in [0.15, 0.2) is 17.2 Å². The minimum absolute atomic E-state index is 0.0826. The molecule has 0 aliphatic carbocycles. The summed E-state index contributed by atoms with van der Waals surface area (Å²) < 4.78 is 34.9. The first kappa shape index (κ1) is 27.6. The normalized spacial score (nSPS) is 18.5. The van der Waals surface area contributed by atoms with Crippen molar-refractivity contribution in [3.05, 3.63) is 113 Å². The highest BCUT2D eigenvalue weighted by Crippen LogP contribution is 2.50. The van der Waals surface area contributed by atoms with Crippen molar-refractivity contribution in [2.45, 2.75) is 44.6 Å². The molecule has 4 heterocycles. The number of halogens is 1. The Hall–Kier alpha value is -5.21. The van der Waals surface area contributed by atoms with Crippen molar-refractivity contribution in [1.29, 1.82) is 0 Å². The Kier molecular flexibility index (Phi) is 6.78. The molecule has 44 heavy (non-hydrogen) atoms. The number of benzene rings is 3. The molecule has 3 aromatic carbocycles. The minimum Gasteiger partial charge on any atom is -0.545 e. The van der Waals surface area contributed by atoms with Crippen LogP contribution in [0.2, 0.25) is 0 Å². The minimum atomic E-state index is -1.34. The zero-order valence-corrected chi connectivity index (χ0v) is 23.8. The van der Waals surface area contributed by atoms with Gasteiger partial charge >= 0.3 is 0 Å². The first-order chi connectivity index (χ1) is 21.3. The number of carbonyl (C=O) groups is 1. The number of aromatic nitrogens is 3. The summed E-state index contributed by atoms with van der Waals surface area (Å²) in [6.07, 6.45) is 4.80. The highest BCUT2D eigenvalue weighted by Gasteiger charge is 2.43. The predicted molar refractivity (Wildman–Crippen MR) is 155 cm³/mol. The lowest BCUT2D eigenvalue weighted by Crippen LogP contribution is -2.34. The number of piperidine rings is 1. The number of oxazole rings is 1. The summed E-state index contributed by atoms with van der Waals surface area (Å²) in [4.78, 5) is 26.2. The van der Waals surface area contributed by atoms with Crippen LogP contribution in [-0.2, 0) is 18.9 Å². The van der Waals surface area contributed by atoms with E-state index >= 15 is 0 Å². The average Bonchev–Trinajstić information content (AvgIpc) is 3.75. The lowest BCUT2D eigenvalue weighted by molar-refractivity contribution is -0.255. The summed E-state index contributed by atoms with van der Waals surface area (Å²) >= 11 is 0. The fourth-order valence-corrected chi connectivity index (χ4v) is 6.19. The van der Waals surface area contributed by atoms with E-state index in [4.69, 9.17) is 25.4 Å². The molecule has 2 aliphatic heterocycles. The third-order valence-corrected chi connectivity index (χ3v) is 8.41. The maximum atomic E-state index is 14.9. The maximum Gasteiger partial charge on any atom is 0.278 e. The molecule has 11 heteroatoms. The van der Waals surface area contributed by atoms with E-state index in [2.05, 4.69) is 14.7 Å². The number of nitrogens with zero attached hydrogens (tertiary/aromatic N) is 5. The van der Waals surface area contributed by atoms with Gasteiger partial charge in [-0.1, -0.05) is 30.3 Å². The molecule has 1 saturated heterocycles. The van der Waals surface area contributed by atoms with Crippen LogP contribution < -0.4 is 14.6 Å². The van der Waals surface area contributed by atoms with Gasteiger partial charge in [-0.15, -0.1) is 0 Å². The van der Waals surface area contributed by atoms with Crippen LogP contribution in [0.25, 0.3) is 15.9 Å². The Morgan fingerprint density at radius 3 is 2.70 bits per heavy atom. The van der Waals surface area contributed by atoms with Gasteiger partial charge in [0.25, 0.3) is 5.79 Å².